The summed E-state index contributed by atoms with van der Waals surface area (Å²) in [5.74, 6) is 0.198. The van der Waals surface area contributed by atoms with Crippen molar-refractivity contribution >= 4 is 29.3 Å². The van der Waals surface area contributed by atoms with Crippen molar-refractivity contribution in [2.75, 3.05) is 11.1 Å². The molecule has 3 aromatic rings. The van der Waals surface area contributed by atoms with E-state index in [0.29, 0.717) is 16.7 Å². The molecule has 1 aromatic heterocycles. The summed E-state index contributed by atoms with van der Waals surface area (Å²) in [6.45, 7) is 2.26. The minimum atomic E-state index is -1.05. The van der Waals surface area contributed by atoms with Crippen molar-refractivity contribution in [2.45, 2.75) is 18.7 Å². The van der Waals surface area contributed by atoms with E-state index >= 15 is 0 Å². The molecule has 0 bridgehead atoms. The number of nitrogens with zero attached hydrogens (tertiary/aromatic N) is 3. The van der Waals surface area contributed by atoms with Crippen LogP contribution in [0.25, 0.3) is 0 Å². The zero-order valence-corrected chi connectivity index (χ0v) is 16.8. The number of carboxylic acids is 1. The molecule has 0 aliphatic rings. The predicted molar refractivity (Wildman–Crippen MR) is 109 cm³/mol. The first-order valence-corrected chi connectivity index (χ1v) is 9.74. The Morgan fingerprint density at radius 2 is 1.97 bits per heavy atom. The molecule has 3 rings (SSSR count). The van der Waals surface area contributed by atoms with Crippen LogP contribution < -0.4 is 10.1 Å². The summed E-state index contributed by atoms with van der Waals surface area (Å²) in [4.78, 5) is 23.2. The molecular formula is C20H20N4O4S. The van der Waals surface area contributed by atoms with Crippen LogP contribution in [-0.4, -0.2) is 37.5 Å². The molecule has 1 heterocycles. The number of hydrogen-bond acceptors (Lipinski definition) is 6. The van der Waals surface area contributed by atoms with Gasteiger partial charge in [-0.1, -0.05) is 30.0 Å². The van der Waals surface area contributed by atoms with E-state index in [2.05, 4.69) is 15.5 Å². The SMILES string of the molecule is Cc1cccc(OCc2nnc(SCC(=O)Nc3cccc(C(=O)O)c3)n2C)c1. The lowest BCUT2D eigenvalue weighted by Gasteiger charge is -2.08. The van der Waals surface area contributed by atoms with Crippen molar-refractivity contribution in [1.82, 2.24) is 14.8 Å². The Morgan fingerprint density at radius 3 is 2.72 bits per heavy atom. The lowest BCUT2D eigenvalue weighted by atomic mass is 10.2. The molecule has 0 saturated carbocycles. The Kier molecular flexibility index (Phi) is 6.50. The Bertz CT molecular complexity index is 1030. The highest BCUT2D eigenvalue weighted by atomic mass is 32.2. The van der Waals surface area contributed by atoms with Gasteiger partial charge in [-0.25, -0.2) is 4.79 Å². The van der Waals surface area contributed by atoms with Gasteiger partial charge in [-0.15, -0.1) is 10.2 Å². The van der Waals surface area contributed by atoms with Crippen LogP contribution in [0.1, 0.15) is 21.7 Å². The normalized spacial score (nSPS) is 10.6. The zero-order valence-electron chi connectivity index (χ0n) is 16.0. The molecule has 0 saturated heterocycles. The van der Waals surface area contributed by atoms with E-state index in [4.69, 9.17) is 9.84 Å². The number of hydrogen-bond donors (Lipinski definition) is 2. The molecule has 0 spiro atoms. The summed E-state index contributed by atoms with van der Waals surface area (Å²) >= 11 is 1.24. The number of anilines is 1. The molecule has 2 N–H and O–H groups in total. The van der Waals surface area contributed by atoms with Gasteiger partial charge in [-0.2, -0.15) is 0 Å². The molecule has 150 valence electrons. The second-order valence-corrected chi connectivity index (χ2v) is 7.23. The van der Waals surface area contributed by atoms with Gasteiger partial charge >= 0.3 is 5.97 Å². The summed E-state index contributed by atoms with van der Waals surface area (Å²) in [7, 11) is 1.81. The fraction of sp³-hybridized carbons (Fsp3) is 0.200. The molecule has 2 aromatic carbocycles. The fourth-order valence-corrected chi connectivity index (χ4v) is 3.24. The number of carboxylic acid groups (broad SMARTS) is 1. The minimum Gasteiger partial charge on any atom is -0.486 e. The number of aryl methyl sites for hydroxylation is 1. The number of ether oxygens (including phenoxy) is 1. The molecule has 0 radical (unpaired) electrons. The third-order valence-corrected chi connectivity index (χ3v) is 5.03. The van der Waals surface area contributed by atoms with E-state index < -0.39 is 5.97 Å². The smallest absolute Gasteiger partial charge is 0.335 e. The van der Waals surface area contributed by atoms with Gasteiger partial charge in [0.15, 0.2) is 11.0 Å². The lowest BCUT2D eigenvalue weighted by molar-refractivity contribution is -0.113. The molecule has 0 atom stereocenters. The molecule has 1 amide bonds. The second kappa shape index (κ2) is 9.24. The Balaban J connectivity index is 1.54. The third-order valence-electron chi connectivity index (χ3n) is 4.01. The molecule has 0 aliphatic heterocycles. The van der Waals surface area contributed by atoms with Gasteiger partial charge in [0, 0.05) is 12.7 Å². The molecule has 0 aliphatic carbocycles. The molecule has 29 heavy (non-hydrogen) atoms. The van der Waals surface area contributed by atoms with Crippen LogP contribution >= 0.6 is 11.8 Å². The van der Waals surface area contributed by atoms with Crippen LogP contribution in [0.4, 0.5) is 5.69 Å². The van der Waals surface area contributed by atoms with E-state index in [-0.39, 0.29) is 23.8 Å². The topological polar surface area (TPSA) is 106 Å². The number of rotatable bonds is 8. The minimum absolute atomic E-state index is 0.113. The van der Waals surface area contributed by atoms with E-state index in [0.717, 1.165) is 11.3 Å². The van der Waals surface area contributed by atoms with Crippen LogP contribution in [0, 0.1) is 6.92 Å². The highest BCUT2D eigenvalue weighted by molar-refractivity contribution is 7.99. The standard InChI is InChI=1S/C20H20N4O4S/c1-13-5-3-8-16(9-13)28-11-17-22-23-20(24(17)2)29-12-18(25)21-15-7-4-6-14(10-15)19(26)27/h3-10H,11-12H2,1-2H3,(H,21,25)(H,26,27). The molecule has 8 nitrogen and oxygen atoms in total. The monoisotopic (exact) mass is 412 g/mol. The summed E-state index contributed by atoms with van der Waals surface area (Å²) in [6, 6.07) is 13.8. The maximum atomic E-state index is 12.2. The quantitative estimate of drug-likeness (QED) is 0.548. The molecule has 0 unspecified atom stereocenters. The number of amides is 1. The van der Waals surface area contributed by atoms with Crippen molar-refractivity contribution in [3.8, 4) is 5.75 Å². The summed E-state index contributed by atoms with van der Waals surface area (Å²) in [5.41, 5.74) is 1.65. The van der Waals surface area contributed by atoms with Crippen molar-refractivity contribution in [3.63, 3.8) is 0 Å². The summed E-state index contributed by atoms with van der Waals surface area (Å²) in [5, 5.41) is 20.5. The van der Waals surface area contributed by atoms with Crippen LogP contribution in [0.5, 0.6) is 5.75 Å². The highest BCUT2D eigenvalue weighted by Gasteiger charge is 2.13. The van der Waals surface area contributed by atoms with E-state index in [1.807, 2.05) is 38.2 Å². The average Bonchev–Trinajstić information content (AvgIpc) is 3.04. The Labute approximate surface area is 171 Å². The second-order valence-electron chi connectivity index (χ2n) is 6.29. The lowest BCUT2D eigenvalue weighted by Crippen LogP contribution is -2.15. The van der Waals surface area contributed by atoms with Gasteiger partial charge in [-0.05, 0) is 42.8 Å². The van der Waals surface area contributed by atoms with Crippen molar-refractivity contribution in [3.05, 3.63) is 65.5 Å². The molecule has 0 fully saturated rings. The van der Waals surface area contributed by atoms with E-state index in [1.54, 1.807) is 16.7 Å². The Morgan fingerprint density at radius 1 is 1.17 bits per heavy atom. The van der Waals surface area contributed by atoms with Gasteiger partial charge in [0.25, 0.3) is 0 Å². The largest absolute Gasteiger partial charge is 0.486 e. The van der Waals surface area contributed by atoms with Crippen molar-refractivity contribution in [1.29, 1.82) is 0 Å². The third kappa shape index (κ3) is 5.58. The van der Waals surface area contributed by atoms with Crippen LogP contribution in [0.2, 0.25) is 0 Å². The molecule has 9 heteroatoms. The number of thioether (sulfide) groups is 1. The number of aromatic carboxylic acids is 1. The summed E-state index contributed by atoms with van der Waals surface area (Å²) < 4.78 is 7.52. The van der Waals surface area contributed by atoms with Crippen LogP contribution in [0.3, 0.4) is 0 Å². The predicted octanol–water partition coefficient (Wildman–Crippen LogP) is 3.13. The van der Waals surface area contributed by atoms with Crippen molar-refractivity contribution < 1.29 is 19.4 Å². The van der Waals surface area contributed by atoms with Crippen LogP contribution in [-0.2, 0) is 18.4 Å². The average molecular weight is 412 g/mol. The first kappa shape index (κ1) is 20.4. The fourth-order valence-electron chi connectivity index (χ4n) is 2.51. The van der Waals surface area contributed by atoms with Gasteiger partial charge in [-0.3, -0.25) is 4.79 Å². The van der Waals surface area contributed by atoms with Gasteiger partial charge in [0.2, 0.25) is 5.91 Å². The zero-order chi connectivity index (χ0) is 20.8. The van der Waals surface area contributed by atoms with E-state index in [1.165, 1.54) is 23.9 Å². The summed E-state index contributed by atoms with van der Waals surface area (Å²) in [6.07, 6.45) is 0. The highest BCUT2D eigenvalue weighted by Crippen LogP contribution is 2.19. The van der Waals surface area contributed by atoms with Gasteiger partial charge in [0.1, 0.15) is 12.4 Å². The van der Waals surface area contributed by atoms with Gasteiger partial charge in [0.05, 0.1) is 11.3 Å². The van der Waals surface area contributed by atoms with Crippen molar-refractivity contribution in [2.24, 2.45) is 7.05 Å². The Hall–Kier alpha value is -3.33. The van der Waals surface area contributed by atoms with E-state index in [9.17, 15) is 9.59 Å². The van der Waals surface area contributed by atoms with Gasteiger partial charge < -0.3 is 19.7 Å². The van der Waals surface area contributed by atoms with Crippen LogP contribution in [0.15, 0.2) is 53.7 Å². The number of carbonyl (C=O) groups excluding carboxylic acids is 1. The molecular weight excluding hydrogens is 392 g/mol. The number of nitrogens with one attached hydrogen (secondary N) is 1. The first-order valence-electron chi connectivity index (χ1n) is 8.76. The number of aromatic nitrogens is 3. The first-order chi connectivity index (χ1) is 13.9. The number of benzene rings is 2. The maximum Gasteiger partial charge on any atom is 0.335 e. The maximum absolute atomic E-state index is 12.2. The number of carbonyl (C=O) groups is 2.